The zero-order valence-electron chi connectivity index (χ0n) is 12.9. The van der Waals surface area contributed by atoms with Gasteiger partial charge in [-0.1, -0.05) is 36.4 Å². The number of hydrogen-bond donors (Lipinski definition) is 2. The molecule has 3 nitrogen and oxygen atoms in total. The van der Waals surface area contributed by atoms with Crippen molar-refractivity contribution in [2.24, 2.45) is 0 Å². The lowest BCUT2D eigenvalue weighted by molar-refractivity contribution is -0.114. The quantitative estimate of drug-likeness (QED) is 0.900. The van der Waals surface area contributed by atoms with E-state index in [9.17, 15) is 4.79 Å². The molecule has 114 valence electrons. The predicted octanol–water partition coefficient (Wildman–Crippen LogP) is 3.81. The molecule has 0 fully saturated rings. The Kier molecular flexibility index (Phi) is 4.54. The third-order valence-corrected chi connectivity index (χ3v) is 4.20. The average molecular weight is 294 g/mol. The van der Waals surface area contributed by atoms with Crippen molar-refractivity contribution in [3.05, 3.63) is 65.2 Å². The number of anilines is 1. The molecule has 0 saturated carbocycles. The van der Waals surface area contributed by atoms with E-state index in [-0.39, 0.29) is 5.91 Å². The highest BCUT2D eigenvalue weighted by atomic mass is 16.1. The number of carbonyl (C=O) groups excluding carboxylic acids is 1. The van der Waals surface area contributed by atoms with Crippen LogP contribution in [0.2, 0.25) is 0 Å². The molecule has 1 aliphatic carbocycles. The first kappa shape index (κ1) is 14.8. The summed E-state index contributed by atoms with van der Waals surface area (Å²) in [5.74, 6) is -0.0373. The Labute approximate surface area is 131 Å². The molecule has 0 aliphatic heterocycles. The van der Waals surface area contributed by atoms with E-state index < -0.39 is 0 Å². The lowest BCUT2D eigenvalue weighted by Gasteiger charge is -2.26. The summed E-state index contributed by atoms with van der Waals surface area (Å²) in [7, 11) is 0. The van der Waals surface area contributed by atoms with Crippen molar-refractivity contribution in [3.8, 4) is 0 Å². The minimum Gasteiger partial charge on any atom is -0.326 e. The van der Waals surface area contributed by atoms with E-state index in [1.807, 2.05) is 12.1 Å². The highest BCUT2D eigenvalue weighted by Gasteiger charge is 2.18. The van der Waals surface area contributed by atoms with Gasteiger partial charge in [-0.2, -0.15) is 0 Å². The van der Waals surface area contributed by atoms with E-state index in [0.717, 1.165) is 12.2 Å². The Morgan fingerprint density at radius 2 is 1.91 bits per heavy atom. The fraction of sp³-hybridized carbons (Fsp3) is 0.316. The Bertz CT molecular complexity index is 649. The van der Waals surface area contributed by atoms with Crippen LogP contribution >= 0.6 is 0 Å². The Morgan fingerprint density at radius 1 is 1.14 bits per heavy atom. The van der Waals surface area contributed by atoms with Crippen LogP contribution in [0.4, 0.5) is 5.69 Å². The van der Waals surface area contributed by atoms with Crippen LogP contribution in [-0.2, 0) is 17.8 Å². The van der Waals surface area contributed by atoms with Crippen molar-refractivity contribution in [2.75, 3.05) is 5.32 Å². The number of carbonyl (C=O) groups is 1. The Hall–Kier alpha value is -2.13. The molecular weight excluding hydrogens is 272 g/mol. The molecule has 0 aromatic heterocycles. The molecule has 0 unspecified atom stereocenters. The summed E-state index contributed by atoms with van der Waals surface area (Å²) in [5, 5.41) is 6.46. The molecule has 0 saturated heterocycles. The number of hydrogen-bond acceptors (Lipinski definition) is 2. The van der Waals surface area contributed by atoms with Crippen molar-refractivity contribution in [3.63, 3.8) is 0 Å². The maximum Gasteiger partial charge on any atom is 0.221 e. The van der Waals surface area contributed by atoms with Gasteiger partial charge in [0, 0.05) is 25.2 Å². The second kappa shape index (κ2) is 6.75. The van der Waals surface area contributed by atoms with Crippen LogP contribution in [0.3, 0.4) is 0 Å². The van der Waals surface area contributed by atoms with Crippen LogP contribution in [0.5, 0.6) is 0 Å². The van der Waals surface area contributed by atoms with Gasteiger partial charge in [-0.25, -0.2) is 0 Å². The summed E-state index contributed by atoms with van der Waals surface area (Å²) < 4.78 is 0. The molecule has 22 heavy (non-hydrogen) atoms. The molecule has 2 N–H and O–H groups in total. The maximum atomic E-state index is 11.0. The number of benzene rings is 2. The van der Waals surface area contributed by atoms with E-state index >= 15 is 0 Å². The van der Waals surface area contributed by atoms with Gasteiger partial charge in [0.05, 0.1) is 0 Å². The van der Waals surface area contributed by atoms with E-state index in [0.29, 0.717) is 6.04 Å². The first-order valence-corrected chi connectivity index (χ1v) is 7.90. The minimum atomic E-state index is -0.0373. The number of amides is 1. The number of rotatable bonds is 4. The van der Waals surface area contributed by atoms with Crippen molar-refractivity contribution >= 4 is 11.6 Å². The second-order valence-electron chi connectivity index (χ2n) is 5.90. The summed E-state index contributed by atoms with van der Waals surface area (Å²) in [5.41, 5.74) is 5.01. The van der Waals surface area contributed by atoms with E-state index in [1.165, 1.54) is 42.9 Å². The zero-order chi connectivity index (χ0) is 15.4. The van der Waals surface area contributed by atoms with Crippen LogP contribution in [0.25, 0.3) is 0 Å². The molecule has 1 amide bonds. The Morgan fingerprint density at radius 3 is 2.68 bits per heavy atom. The molecule has 2 aromatic carbocycles. The van der Waals surface area contributed by atoms with Gasteiger partial charge in [-0.3, -0.25) is 4.79 Å². The second-order valence-corrected chi connectivity index (χ2v) is 5.90. The first-order valence-electron chi connectivity index (χ1n) is 7.90. The van der Waals surface area contributed by atoms with Gasteiger partial charge >= 0.3 is 0 Å². The van der Waals surface area contributed by atoms with Crippen LogP contribution in [0.15, 0.2) is 48.5 Å². The molecule has 0 bridgehead atoms. The average Bonchev–Trinajstić information content (AvgIpc) is 2.54. The van der Waals surface area contributed by atoms with Crippen molar-refractivity contribution in [1.29, 1.82) is 0 Å². The van der Waals surface area contributed by atoms with Gasteiger partial charge in [-0.15, -0.1) is 0 Å². The van der Waals surface area contributed by atoms with Gasteiger partial charge in [0.25, 0.3) is 0 Å². The molecule has 3 rings (SSSR count). The lowest BCUT2D eigenvalue weighted by Crippen LogP contribution is -2.24. The van der Waals surface area contributed by atoms with E-state index in [4.69, 9.17) is 0 Å². The Balaban J connectivity index is 1.62. The van der Waals surface area contributed by atoms with Crippen LogP contribution in [0.1, 0.15) is 42.5 Å². The molecule has 0 heterocycles. The third-order valence-electron chi connectivity index (χ3n) is 4.20. The highest BCUT2D eigenvalue weighted by molar-refractivity contribution is 5.88. The maximum absolute atomic E-state index is 11.0. The van der Waals surface area contributed by atoms with E-state index in [2.05, 4.69) is 47.0 Å². The summed E-state index contributed by atoms with van der Waals surface area (Å²) in [6.45, 7) is 2.37. The van der Waals surface area contributed by atoms with Gasteiger partial charge in [0.15, 0.2) is 0 Å². The smallest absolute Gasteiger partial charge is 0.221 e. The summed E-state index contributed by atoms with van der Waals surface area (Å²) >= 11 is 0. The molecule has 3 heteroatoms. The van der Waals surface area contributed by atoms with Crippen LogP contribution in [-0.4, -0.2) is 5.91 Å². The topological polar surface area (TPSA) is 41.1 Å². The fourth-order valence-electron chi connectivity index (χ4n) is 3.12. The highest BCUT2D eigenvalue weighted by Crippen LogP contribution is 2.29. The standard InChI is InChI=1S/C19H22N2O/c1-14(22)21-17-11-9-15(10-12-17)13-20-19-8-4-6-16-5-2-3-7-18(16)19/h2-3,5,7,9-12,19-20H,4,6,8,13H2,1H3,(H,21,22)/t19-/m1/s1. The first-order chi connectivity index (χ1) is 10.7. The van der Waals surface area contributed by atoms with Crippen molar-refractivity contribution < 1.29 is 4.79 Å². The van der Waals surface area contributed by atoms with E-state index in [1.54, 1.807) is 0 Å². The predicted molar refractivity (Wildman–Crippen MR) is 89.7 cm³/mol. The zero-order valence-corrected chi connectivity index (χ0v) is 12.9. The van der Waals surface area contributed by atoms with Gasteiger partial charge in [0.1, 0.15) is 0 Å². The lowest BCUT2D eigenvalue weighted by atomic mass is 9.87. The number of aryl methyl sites for hydroxylation is 1. The van der Waals surface area contributed by atoms with Crippen LogP contribution < -0.4 is 10.6 Å². The van der Waals surface area contributed by atoms with Crippen molar-refractivity contribution in [2.45, 2.75) is 38.8 Å². The minimum absolute atomic E-state index is 0.0373. The number of nitrogens with one attached hydrogen (secondary N) is 2. The molecule has 0 radical (unpaired) electrons. The molecule has 2 aromatic rings. The largest absolute Gasteiger partial charge is 0.326 e. The molecule has 0 spiro atoms. The summed E-state index contributed by atoms with van der Waals surface area (Å²) in [4.78, 5) is 11.0. The summed E-state index contributed by atoms with van der Waals surface area (Å²) in [6, 6.07) is 17.2. The molecule has 1 aliphatic rings. The van der Waals surface area contributed by atoms with Crippen LogP contribution in [0, 0.1) is 0 Å². The normalized spacial score (nSPS) is 16.9. The summed E-state index contributed by atoms with van der Waals surface area (Å²) in [6.07, 6.45) is 3.64. The van der Waals surface area contributed by atoms with Crippen molar-refractivity contribution in [1.82, 2.24) is 5.32 Å². The van der Waals surface area contributed by atoms with Gasteiger partial charge < -0.3 is 10.6 Å². The fourth-order valence-corrected chi connectivity index (χ4v) is 3.12. The monoisotopic (exact) mass is 294 g/mol. The third kappa shape index (κ3) is 3.55. The SMILES string of the molecule is CC(=O)Nc1ccc(CN[C@@H]2CCCc3ccccc32)cc1. The molecular formula is C19H22N2O. The molecule has 1 atom stereocenters. The van der Waals surface area contributed by atoms with Gasteiger partial charge in [0.2, 0.25) is 5.91 Å². The van der Waals surface area contributed by atoms with Gasteiger partial charge in [-0.05, 0) is 48.1 Å². The number of fused-ring (bicyclic) bond motifs is 1.